The molecule has 26 heavy (non-hydrogen) atoms. The van der Waals surface area contributed by atoms with Gasteiger partial charge in [-0.1, -0.05) is 23.7 Å². The molecule has 3 aromatic rings. The average molecular weight is 370 g/mol. The Bertz CT molecular complexity index is 913. The smallest absolute Gasteiger partial charge is 0.234 e. The van der Waals surface area contributed by atoms with Crippen molar-refractivity contribution in [1.29, 1.82) is 0 Å². The summed E-state index contributed by atoms with van der Waals surface area (Å²) < 4.78 is 7.90. The predicted molar refractivity (Wildman–Crippen MR) is 100.0 cm³/mol. The number of hydrogen-bond donors (Lipinski definition) is 1. The lowest BCUT2D eigenvalue weighted by Crippen LogP contribution is -2.60. The van der Waals surface area contributed by atoms with Gasteiger partial charge >= 0.3 is 0 Å². The second kappa shape index (κ2) is 6.63. The lowest BCUT2D eigenvalue weighted by Gasteiger charge is -2.42. The second-order valence-corrected chi connectivity index (χ2v) is 7.35. The molecule has 2 fully saturated rings. The highest BCUT2D eigenvalue weighted by Gasteiger charge is 2.31. The number of benzene rings is 1. The standard InChI is InChI=1S/C19H20ClN5O/c20-14-4-2-13(3-5-14)18-16(25-8-1-7-21-19(25)23-18)11-24-10-15-6-9-26-17(12-24)22-15/h1-5,7-8,15,17,22H,6,9-12H2. The van der Waals surface area contributed by atoms with Crippen LogP contribution in [0.3, 0.4) is 0 Å². The van der Waals surface area contributed by atoms with E-state index in [1.54, 1.807) is 6.20 Å². The van der Waals surface area contributed by atoms with Crippen molar-refractivity contribution in [3.63, 3.8) is 0 Å². The van der Waals surface area contributed by atoms with E-state index in [4.69, 9.17) is 21.3 Å². The molecule has 0 amide bonds. The highest BCUT2D eigenvalue weighted by molar-refractivity contribution is 6.30. The van der Waals surface area contributed by atoms with E-state index >= 15 is 0 Å². The zero-order valence-corrected chi connectivity index (χ0v) is 15.1. The predicted octanol–water partition coefficient (Wildman–Crippen LogP) is 2.57. The van der Waals surface area contributed by atoms with Gasteiger partial charge < -0.3 is 4.74 Å². The van der Waals surface area contributed by atoms with Crippen molar-refractivity contribution in [3.05, 3.63) is 53.4 Å². The first-order valence-electron chi connectivity index (χ1n) is 8.94. The summed E-state index contributed by atoms with van der Waals surface area (Å²) in [4.78, 5) is 11.7. The number of nitrogens with zero attached hydrogens (tertiary/aromatic N) is 4. The summed E-state index contributed by atoms with van der Waals surface area (Å²) in [5, 5.41) is 4.26. The van der Waals surface area contributed by atoms with Gasteiger partial charge in [-0.05, 0) is 24.6 Å². The highest BCUT2D eigenvalue weighted by atomic mass is 35.5. The molecule has 7 heteroatoms. The Morgan fingerprint density at radius 1 is 1.23 bits per heavy atom. The number of fused-ring (bicyclic) bond motifs is 3. The van der Waals surface area contributed by atoms with Gasteiger partial charge in [0.1, 0.15) is 6.23 Å². The molecular formula is C19H20ClN5O. The maximum atomic E-state index is 6.06. The van der Waals surface area contributed by atoms with Crippen LogP contribution in [0.2, 0.25) is 5.02 Å². The van der Waals surface area contributed by atoms with E-state index in [0.29, 0.717) is 6.04 Å². The summed E-state index contributed by atoms with van der Waals surface area (Å²) in [6.07, 6.45) is 5.00. The van der Waals surface area contributed by atoms with Gasteiger partial charge in [-0.3, -0.25) is 14.6 Å². The van der Waals surface area contributed by atoms with E-state index in [1.807, 2.05) is 36.5 Å². The number of imidazole rings is 1. The first kappa shape index (κ1) is 16.2. The summed E-state index contributed by atoms with van der Waals surface area (Å²) in [5.74, 6) is 0.721. The van der Waals surface area contributed by atoms with Crippen LogP contribution in [-0.4, -0.2) is 51.2 Å². The fraction of sp³-hybridized carbons (Fsp3) is 0.368. The number of ether oxygens (including phenoxy) is 1. The summed E-state index contributed by atoms with van der Waals surface area (Å²) >= 11 is 6.06. The van der Waals surface area contributed by atoms with Crippen LogP contribution in [0.25, 0.3) is 17.0 Å². The van der Waals surface area contributed by atoms with Crippen LogP contribution in [-0.2, 0) is 11.3 Å². The number of nitrogens with one attached hydrogen (secondary N) is 1. The third kappa shape index (κ3) is 2.99. The Morgan fingerprint density at radius 2 is 2.12 bits per heavy atom. The van der Waals surface area contributed by atoms with Crippen LogP contribution in [0.1, 0.15) is 12.1 Å². The normalized spacial score (nSPS) is 23.4. The zero-order valence-electron chi connectivity index (χ0n) is 14.3. The molecule has 1 N–H and O–H groups in total. The van der Waals surface area contributed by atoms with Crippen molar-refractivity contribution in [1.82, 2.24) is 24.6 Å². The number of piperazine rings is 1. The molecule has 2 aliphatic heterocycles. The lowest BCUT2D eigenvalue weighted by molar-refractivity contribution is -0.0715. The fourth-order valence-corrected chi connectivity index (χ4v) is 4.01. The van der Waals surface area contributed by atoms with Crippen LogP contribution in [0.15, 0.2) is 42.7 Å². The lowest BCUT2D eigenvalue weighted by atomic mass is 10.1. The van der Waals surface area contributed by atoms with Crippen LogP contribution in [0.5, 0.6) is 0 Å². The van der Waals surface area contributed by atoms with Gasteiger partial charge in [-0.15, -0.1) is 0 Å². The molecule has 0 radical (unpaired) electrons. The first-order valence-corrected chi connectivity index (χ1v) is 9.32. The monoisotopic (exact) mass is 369 g/mol. The molecule has 2 saturated heterocycles. The second-order valence-electron chi connectivity index (χ2n) is 6.91. The van der Waals surface area contributed by atoms with Crippen molar-refractivity contribution in [3.8, 4) is 11.3 Å². The van der Waals surface area contributed by atoms with Gasteiger partial charge in [0.2, 0.25) is 5.78 Å². The molecule has 134 valence electrons. The Morgan fingerprint density at radius 3 is 2.96 bits per heavy atom. The minimum absolute atomic E-state index is 0.124. The van der Waals surface area contributed by atoms with Crippen LogP contribution < -0.4 is 5.32 Å². The molecule has 2 aliphatic rings. The molecule has 2 bridgehead atoms. The van der Waals surface area contributed by atoms with Gasteiger partial charge in [-0.2, -0.15) is 0 Å². The van der Waals surface area contributed by atoms with Gasteiger partial charge in [0.05, 0.1) is 18.0 Å². The van der Waals surface area contributed by atoms with Gasteiger partial charge in [0, 0.05) is 48.7 Å². The van der Waals surface area contributed by atoms with Gasteiger partial charge in [-0.25, -0.2) is 9.97 Å². The number of aromatic nitrogens is 3. The summed E-state index contributed by atoms with van der Waals surface area (Å²) in [5.41, 5.74) is 3.17. The van der Waals surface area contributed by atoms with Crippen molar-refractivity contribution in [2.75, 3.05) is 19.7 Å². The van der Waals surface area contributed by atoms with E-state index in [9.17, 15) is 0 Å². The van der Waals surface area contributed by atoms with Crippen molar-refractivity contribution < 1.29 is 4.74 Å². The molecule has 2 atom stereocenters. The number of hydrogen-bond acceptors (Lipinski definition) is 5. The molecule has 0 aliphatic carbocycles. The summed E-state index contributed by atoms with van der Waals surface area (Å²) in [6, 6.07) is 10.3. The van der Waals surface area contributed by atoms with Crippen molar-refractivity contribution in [2.45, 2.75) is 25.2 Å². The van der Waals surface area contributed by atoms with Crippen molar-refractivity contribution >= 4 is 17.4 Å². The Kier molecular flexibility index (Phi) is 4.13. The highest BCUT2D eigenvalue weighted by Crippen LogP contribution is 2.27. The third-order valence-electron chi connectivity index (χ3n) is 5.10. The first-order chi connectivity index (χ1) is 12.8. The molecule has 0 spiro atoms. The van der Waals surface area contributed by atoms with Crippen molar-refractivity contribution in [2.24, 2.45) is 0 Å². The number of rotatable bonds is 3. The van der Waals surface area contributed by atoms with Crippen LogP contribution in [0, 0.1) is 0 Å². The van der Waals surface area contributed by atoms with Gasteiger partial charge in [0.15, 0.2) is 0 Å². The maximum Gasteiger partial charge on any atom is 0.234 e. The third-order valence-corrected chi connectivity index (χ3v) is 5.36. The molecule has 2 unspecified atom stereocenters. The van der Waals surface area contributed by atoms with Crippen LogP contribution >= 0.6 is 11.6 Å². The zero-order chi connectivity index (χ0) is 17.5. The topological polar surface area (TPSA) is 54.7 Å². The molecule has 4 heterocycles. The Hall–Kier alpha value is -1.99. The quantitative estimate of drug-likeness (QED) is 0.769. The van der Waals surface area contributed by atoms with E-state index in [2.05, 4.69) is 19.6 Å². The summed E-state index contributed by atoms with van der Waals surface area (Å²) in [6.45, 7) is 3.56. The maximum absolute atomic E-state index is 6.06. The molecule has 1 aromatic carbocycles. The van der Waals surface area contributed by atoms with E-state index in [1.165, 1.54) is 0 Å². The SMILES string of the molecule is Clc1ccc(-c2nc3ncccn3c2CN2CC3CCOC(C2)N3)cc1. The van der Waals surface area contributed by atoms with Crippen LogP contribution in [0.4, 0.5) is 0 Å². The molecular weight excluding hydrogens is 350 g/mol. The van der Waals surface area contributed by atoms with E-state index in [0.717, 1.165) is 60.4 Å². The van der Waals surface area contributed by atoms with E-state index in [-0.39, 0.29) is 6.23 Å². The molecule has 6 nitrogen and oxygen atoms in total. The minimum Gasteiger partial charge on any atom is -0.362 e. The Labute approximate surface area is 156 Å². The number of halogens is 1. The fourth-order valence-electron chi connectivity index (χ4n) is 3.88. The average Bonchev–Trinajstić information content (AvgIpc) is 3.01. The Balaban J connectivity index is 1.53. The molecule has 5 rings (SSSR count). The largest absolute Gasteiger partial charge is 0.362 e. The van der Waals surface area contributed by atoms with E-state index < -0.39 is 0 Å². The molecule has 2 aromatic heterocycles. The summed E-state index contributed by atoms with van der Waals surface area (Å²) in [7, 11) is 0. The molecule has 0 saturated carbocycles. The minimum atomic E-state index is 0.124. The van der Waals surface area contributed by atoms with Gasteiger partial charge in [0.25, 0.3) is 0 Å².